The predicted molar refractivity (Wildman–Crippen MR) is 81.1 cm³/mol. The topological polar surface area (TPSA) is 68.5 Å². The fourth-order valence-corrected chi connectivity index (χ4v) is 2.56. The summed E-state index contributed by atoms with van der Waals surface area (Å²) >= 11 is 1.43. The third kappa shape index (κ3) is 4.00. The van der Waals surface area contributed by atoms with Crippen molar-refractivity contribution in [1.82, 2.24) is 24.1 Å². The van der Waals surface area contributed by atoms with E-state index in [0.717, 1.165) is 36.3 Å². The summed E-state index contributed by atoms with van der Waals surface area (Å²) in [5, 5.41) is 12.3. The number of rotatable bonds is 7. The molecular formula is C13H22N6S. The maximum Gasteiger partial charge on any atom is 0.202 e. The highest BCUT2D eigenvalue weighted by atomic mass is 32.1. The molecule has 0 radical (unpaired) electrons. The first-order valence-corrected chi connectivity index (χ1v) is 7.77. The van der Waals surface area contributed by atoms with Gasteiger partial charge >= 0.3 is 0 Å². The Bertz CT molecular complexity index is 530. The Morgan fingerprint density at radius 2 is 2.10 bits per heavy atom. The van der Waals surface area contributed by atoms with Gasteiger partial charge < -0.3 is 9.88 Å². The smallest absolute Gasteiger partial charge is 0.202 e. The molecule has 0 aliphatic carbocycles. The molecular weight excluding hydrogens is 272 g/mol. The van der Waals surface area contributed by atoms with E-state index in [2.05, 4.69) is 57.1 Å². The van der Waals surface area contributed by atoms with Crippen molar-refractivity contribution in [2.45, 2.75) is 46.6 Å². The molecule has 0 unspecified atom stereocenters. The lowest BCUT2D eigenvalue weighted by molar-refractivity contribution is 0.626. The van der Waals surface area contributed by atoms with Crippen LogP contribution in [0.25, 0.3) is 0 Å². The minimum absolute atomic E-state index is 0.386. The summed E-state index contributed by atoms with van der Waals surface area (Å²) in [4.78, 5) is 4.48. The highest BCUT2D eigenvalue weighted by Gasteiger charge is 2.09. The third-order valence-electron chi connectivity index (χ3n) is 2.85. The number of nitrogens with zero attached hydrogens (tertiary/aromatic N) is 5. The van der Waals surface area contributed by atoms with E-state index >= 15 is 0 Å². The average molecular weight is 294 g/mol. The van der Waals surface area contributed by atoms with E-state index in [1.807, 2.05) is 0 Å². The lowest BCUT2D eigenvalue weighted by Crippen LogP contribution is -2.13. The molecule has 110 valence electrons. The molecule has 2 aromatic heterocycles. The first-order valence-electron chi connectivity index (χ1n) is 7.00. The highest BCUT2D eigenvalue weighted by Crippen LogP contribution is 2.14. The molecule has 0 saturated carbocycles. The molecule has 0 bridgehead atoms. The van der Waals surface area contributed by atoms with Gasteiger partial charge in [0.2, 0.25) is 5.13 Å². The third-order valence-corrected chi connectivity index (χ3v) is 3.56. The van der Waals surface area contributed by atoms with Crippen molar-refractivity contribution in [3.8, 4) is 0 Å². The van der Waals surface area contributed by atoms with Crippen molar-refractivity contribution in [2.24, 2.45) is 5.92 Å². The summed E-state index contributed by atoms with van der Waals surface area (Å²) in [6.07, 6.45) is 2.71. The molecule has 1 N–H and O–H groups in total. The molecule has 0 aliphatic heterocycles. The van der Waals surface area contributed by atoms with Gasteiger partial charge in [-0.25, -0.2) is 4.98 Å². The van der Waals surface area contributed by atoms with Gasteiger partial charge in [-0.2, -0.15) is 4.37 Å². The van der Waals surface area contributed by atoms with Crippen molar-refractivity contribution in [1.29, 1.82) is 0 Å². The largest absolute Gasteiger partial charge is 0.358 e. The molecule has 2 heterocycles. The van der Waals surface area contributed by atoms with Crippen molar-refractivity contribution in [3.05, 3.63) is 18.0 Å². The van der Waals surface area contributed by atoms with Gasteiger partial charge in [-0.1, -0.05) is 27.7 Å². The second-order valence-electron chi connectivity index (χ2n) is 5.58. The Morgan fingerprint density at radius 3 is 2.80 bits per heavy atom. The van der Waals surface area contributed by atoms with Crippen LogP contribution in [0.3, 0.4) is 0 Å². The minimum Gasteiger partial charge on any atom is -0.358 e. The van der Waals surface area contributed by atoms with Gasteiger partial charge in [-0.05, 0) is 5.92 Å². The monoisotopic (exact) mass is 294 g/mol. The fraction of sp³-hybridized carbons (Fsp3) is 0.692. The van der Waals surface area contributed by atoms with Crippen LogP contribution in [0, 0.1) is 5.92 Å². The SMILES string of the molecule is CC(C)Cc1nsc(NCCn2cnnc2C(C)C)n1. The Hall–Kier alpha value is -1.50. The Morgan fingerprint density at radius 1 is 1.30 bits per heavy atom. The number of nitrogens with one attached hydrogen (secondary N) is 1. The first kappa shape index (κ1) is 14.9. The number of hydrogen-bond acceptors (Lipinski definition) is 6. The Kier molecular flexibility index (Phi) is 5.05. The van der Waals surface area contributed by atoms with Crippen LogP contribution >= 0.6 is 11.5 Å². The summed E-state index contributed by atoms with van der Waals surface area (Å²) in [7, 11) is 0. The van der Waals surface area contributed by atoms with Crippen molar-refractivity contribution in [3.63, 3.8) is 0 Å². The summed E-state index contributed by atoms with van der Waals surface area (Å²) in [5.41, 5.74) is 0. The molecule has 6 nitrogen and oxygen atoms in total. The molecule has 2 aromatic rings. The van der Waals surface area contributed by atoms with Crippen LogP contribution in [0.5, 0.6) is 0 Å². The van der Waals surface area contributed by atoms with Crippen LogP contribution in [0.4, 0.5) is 5.13 Å². The first-order chi connectivity index (χ1) is 9.56. The number of hydrogen-bond donors (Lipinski definition) is 1. The van der Waals surface area contributed by atoms with Crippen LogP contribution in [-0.4, -0.2) is 30.7 Å². The molecule has 2 rings (SSSR count). The van der Waals surface area contributed by atoms with Gasteiger partial charge in [0, 0.05) is 37.0 Å². The quantitative estimate of drug-likeness (QED) is 0.850. The maximum absolute atomic E-state index is 4.48. The van der Waals surface area contributed by atoms with Gasteiger partial charge in [0.1, 0.15) is 18.0 Å². The molecule has 0 aromatic carbocycles. The van der Waals surface area contributed by atoms with E-state index in [1.165, 1.54) is 11.5 Å². The van der Waals surface area contributed by atoms with Crippen LogP contribution < -0.4 is 5.32 Å². The van der Waals surface area contributed by atoms with Crippen molar-refractivity contribution in [2.75, 3.05) is 11.9 Å². The van der Waals surface area contributed by atoms with E-state index in [1.54, 1.807) is 6.33 Å². The zero-order valence-electron chi connectivity index (χ0n) is 12.5. The zero-order valence-corrected chi connectivity index (χ0v) is 13.3. The van der Waals surface area contributed by atoms with E-state index in [4.69, 9.17) is 0 Å². The summed E-state index contributed by atoms with van der Waals surface area (Å²) in [6.45, 7) is 10.2. The molecule has 20 heavy (non-hydrogen) atoms. The van der Waals surface area contributed by atoms with E-state index < -0.39 is 0 Å². The van der Waals surface area contributed by atoms with Gasteiger partial charge in [0.05, 0.1) is 0 Å². The summed E-state index contributed by atoms with van der Waals surface area (Å²) < 4.78 is 6.43. The Labute approximate surface area is 123 Å². The molecule has 0 amide bonds. The normalized spacial score (nSPS) is 11.5. The van der Waals surface area contributed by atoms with Gasteiger partial charge in [0.25, 0.3) is 0 Å². The molecule has 0 fully saturated rings. The zero-order chi connectivity index (χ0) is 14.5. The van der Waals surface area contributed by atoms with E-state index in [0.29, 0.717) is 11.8 Å². The summed E-state index contributed by atoms with van der Waals surface area (Å²) in [6, 6.07) is 0. The second-order valence-corrected chi connectivity index (χ2v) is 6.33. The highest BCUT2D eigenvalue weighted by molar-refractivity contribution is 7.09. The lowest BCUT2D eigenvalue weighted by Gasteiger charge is -2.08. The van der Waals surface area contributed by atoms with Gasteiger partial charge in [-0.3, -0.25) is 0 Å². The average Bonchev–Trinajstić information content (AvgIpc) is 2.98. The van der Waals surface area contributed by atoms with E-state index in [9.17, 15) is 0 Å². The number of anilines is 1. The molecule has 0 atom stereocenters. The minimum atomic E-state index is 0.386. The Balaban J connectivity index is 1.83. The molecule has 0 saturated heterocycles. The van der Waals surface area contributed by atoms with Gasteiger partial charge in [0.15, 0.2) is 0 Å². The standard InChI is InChI=1S/C13H22N6S/c1-9(2)7-11-16-13(20-18-11)14-5-6-19-8-15-17-12(19)10(3)4/h8-10H,5-7H2,1-4H3,(H,14,16,18). The van der Waals surface area contributed by atoms with E-state index in [-0.39, 0.29) is 0 Å². The van der Waals surface area contributed by atoms with Crippen LogP contribution in [0.2, 0.25) is 0 Å². The van der Waals surface area contributed by atoms with Crippen molar-refractivity contribution < 1.29 is 0 Å². The second kappa shape index (κ2) is 6.78. The fourth-order valence-electron chi connectivity index (χ4n) is 1.94. The summed E-state index contributed by atoms with van der Waals surface area (Å²) in [5.74, 6) is 2.92. The van der Waals surface area contributed by atoms with Crippen LogP contribution in [0.15, 0.2) is 6.33 Å². The molecule has 7 heteroatoms. The maximum atomic E-state index is 4.48. The molecule has 0 aliphatic rings. The number of aromatic nitrogens is 5. The predicted octanol–water partition coefficient (Wildman–Crippen LogP) is 2.56. The van der Waals surface area contributed by atoms with Crippen molar-refractivity contribution >= 4 is 16.7 Å². The van der Waals surface area contributed by atoms with Crippen LogP contribution in [0.1, 0.15) is 45.3 Å². The molecule has 0 spiro atoms. The lowest BCUT2D eigenvalue weighted by atomic mass is 10.1. The van der Waals surface area contributed by atoms with Gasteiger partial charge in [-0.15, -0.1) is 10.2 Å². The van der Waals surface area contributed by atoms with Crippen LogP contribution in [-0.2, 0) is 13.0 Å².